The molecule has 0 saturated heterocycles. The molecule has 0 atom stereocenters. The number of thiophene rings is 1. The standard InChI is InChI=1S/C18H24O3S/c1-3-4-5-6-7-10-13-21-16-14-11-8-9-12-15(14)22-17(16)18(19)20-2/h8-9,11-12H,3-7,10,13H2,1-2H3. The van der Waals surface area contributed by atoms with Crippen LogP contribution < -0.4 is 4.74 Å². The van der Waals surface area contributed by atoms with Crippen molar-refractivity contribution in [2.75, 3.05) is 13.7 Å². The summed E-state index contributed by atoms with van der Waals surface area (Å²) in [6.07, 6.45) is 7.32. The van der Waals surface area contributed by atoms with Gasteiger partial charge in [0.15, 0.2) is 10.6 Å². The molecule has 0 aliphatic heterocycles. The van der Waals surface area contributed by atoms with Gasteiger partial charge in [0.05, 0.1) is 13.7 Å². The Balaban J connectivity index is 1.98. The third-order valence-corrected chi connectivity index (χ3v) is 4.80. The largest absolute Gasteiger partial charge is 0.491 e. The molecule has 0 spiro atoms. The van der Waals surface area contributed by atoms with Gasteiger partial charge < -0.3 is 9.47 Å². The fraction of sp³-hybridized carbons (Fsp3) is 0.500. The average molecular weight is 320 g/mol. The second kappa shape index (κ2) is 8.79. The first-order chi connectivity index (χ1) is 10.8. The van der Waals surface area contributed by atoms with Gasteiger partial charge in [0.1, 0.15) is 0 Å². The number of unbranched alkanes of at least 4 members (excludes halogenated alkanes) is 5. The summed E-state index contributed by atoms with van der Waals surface area (Å²) in [4.78, 5) is 12.5. The zero-order valence-electron chi connectivity index (χ0n) is 13.4. The third-order valence-electron chi connectivity index (χ3n) is 3.67. The molecule has 0 bridgehead atoms. The van der Waals surface area contributed by atoms with E-state index in [0.29, 0.717) is 17.2 Å². The number of esters is 1. The van der Waals surface area contributed by atoms with E-state index >= 15 is 0 Å². The van der Waals surface area contributed by atoms with Crippen molar-refractivity contribution in [1.29, 1.82) is 0 Å². The Morgan fingerprint density at radius 2 is 1.82 bits per heavy atom. The van der Waals surface area contributed by atoms with Crippen LogP contribution in [0.1, 0.15) is 55.1 Å². The highest BCUT2D eigenvalue weighted by Crippen LogP contribution is 2.38. The highest BCUT2D eigenvalue weighted by atomic mass is 32.1. The van der Waals surface area contributed by atoms with Crippen molar-refractivity contribution in [2.45, 2.75) is 45.4 Å². The van der Waals surface area contributed by atoms with E-state index in [1.54, 1.807) is 0 Å². The molecule has 0 unspecified atom stereocenters. The number of ether oxygens (including phenoxy) is 2. The number of hydrogen-bond donors (Lipinski definition) is 0. The van der Waals surface area contributed by atoms with Crippen molar-refractivity contribution in [1.82, 2.24) is 0 Å². The maximum Gasteiger partial charge on any atom is 0.351 e. The van der Waals surface area contributed by atoms with Crippen LogP contribution in [-0.4, -0.2) is 19.7 Å². The molecule has 0 fully saturated rings. The van der Waals surface area contributed by atoms with Crippen LogP contribution in [0, 0.1) is 0 Å². The van der Waals surface area contributed by atoms with Crippen LogP contribution in [0.15, 0.2) is 24.3 Å². The van der Waals surface area contributed by atoms with Gasteiger partial charge in [-0.3, -0.25) is 0 Å². The van der Waals surface area contributed by atoms with E-state index in [0.717, 1.165) is 16.5 Å². The first-order valence-electron chi connectivity index (χ1n) is 8.00. The zero-order valence-corrected chi connectivity index (χ0v) is 14.2. The molecule has 3 nitrogen and oxygen atoms in total. The van der Waals surface area contributed by atoms with Gasteiger partial charge in [0.25, 0.3) is 0 Å². The number of carbonyl (C=O) groups excluding carboxylic acids is 1. The topological polar surface area (TPSA) is 35.5 Å². The number of carbonyl (C=O) groups is 1. The predicted octanol–water partition coefficient (Wildman–Crippen LogP) is 5.43. The molecule has 1 aromatic heterocycles. The molecule has 120 valence electrons. The molecule has 0 radical (unpaired) electrons. The Labute approximate surface area is 136 Å². The molecular formula is C18H24O3S. The maximum absolute atomic E-state index is 11.9. The monoisotopic (exact) mass is 320 g/mol. The summed E-state index contributed by atoms with van der Waals surface area (Å²) in [6, 6.07) is 7.93. The number of hydrogen-bond acceptors (Lipinski definition) is 4. The van der Waals surface area contributed by atoms with E-state index in [1.807, 2.05) is 24.3 Å². The molecule has 0 amide bonds. The summed E-state index contributed by atoms with van der Waals surface area (Å²) in [5.74, 6) is 0.361. The Kier molecular flexibility index (Phi) is 6.72. The molecule has 2 aromatic rings. The normalized spacial score (nSPS) is 10.8. The van der Waals surface area contributed by atoms with Gasteiger partial charge in [-0.15, -0.1) is 11.3 Å². The van der Waals surface area contributed by atoms with Gasteiger partial charge in [-0.05, 0) is 18.6 Å². The zero-order chi connectivity index (χ0) is 15.8. The summed E-state index contributed by atoms with van der Waals surface area (Å²) < 4.78 is 11.9. The van der Waals surface area contributed by atoms with Crippen molar-refractivity contribution >= 4 is 27.4 Å². The van der Waals surface area contributed by atoms with Crippen LogP contribution >= 0.6 is 11.3 Å². The van der Waals surface area contributed by atoms with Gasteiger partial charge >= 0.3 is 5.97 Å². The number of methoxy groups -OCH3 is 1. The van der Waals surface area contributed by atoms with Gasteiger partial charge in [-0.25, -0.2) is 4.79 Å². The molecule has 0 aliphatic rings. The molecule has 0 aliphatic carbocycles. The van der Waals surface area contributed by atoms with Crippen LogP contribution in [0.25, 0.3) is 10.1 Å². The van der Waals surface area contributed by atoms with E-state index in [4.69, 9.17) is 9.47 Å². The SMILES string of the molecule is CCCCCCCCOc1c(C(=O)OC)sc2ccccc12. The fourth-order valence-corrected chi connectivity index (χ4v) is 3.51. The van der Waals surface area contributed by atoms with Crippen LogP contribution in [0.3, 0.4) is 0 Å². The van der Waals surface area contributed by atoms with Crippen molar-refractivity contribution in [3.63, 3.8) is 0 Å². The van der Waals surface area contributed by atoms with Crippen LogP contribution in [0.4, 0.5) is 0 Å². The lowest BCUT2D eigenvalue weighted by Crippen LogP contribution is -2.04. The maximum atomic E-state index is 11.9. The third kappa shape index (κ3) is 4.23. The Hall–Kier alpha value is -1.55. The lowest BCUT2D eigenvalue weighted by molar-refractivity contribution is 0.0602. The van der Waals surface area contributed by atoms with E-state index in [1.165, 1.54) is 50.6 Å². The second-order valence-corrected chi connectivity index (χ2v) is 6.42. The van der Waals surface area contributed by atoms with Crippen molar-refractivity contribution in [3.05, 3.63) is 29.1 Å². The molecular weight excluding hydrogens is 296 g/mol. The minimum Gasteiger partial charge on any atom is -0.491 e. The van der Waals surface area contributed by atoms with Crippen molar-refractivity contribution < 1.29 is 14.3 Å². The number of fused-ring (bicyclic) bond motifs is 1. The molecule has 1 heterocycles. The minimum absolute atomic E-state index is 0.320. The van der Waals surface area contributed by atoms with Gasteiger partial charge in [-0.1, -0.05) is 51.2 Å². The van der Waals surface area contributed by atoms with Crippen LogP contribution in [0.2, 0.25) is 0 Å². The quantitative estimate of drug-likeness (QED) is 0.456. The predicted molar refractivity (Wildman–Crippen MR) is 92.0 cm³/mol. The second-order valence-electron chi connectivity index (χ2n) is 5.36. The fourth-order valence-electron chi connectivity index (χ4n) is 2.45. The summed E-state index contributed by atoms with van der Waals surface area (Å²) in [6.45, 7) is 2.87. The van der Waals surface area contributed by atoms with E-state index in [-0.39, 0.29) is 5.97 Å². The number of rotatable bonds is 9. The molecule has 4 heteroatoms. The average Bonchev–Trinajstić information content (AvgIpc) is 2.92. The first kappa shape index (κ1) is 16.8. The molecule has 2 rings (SSSR count). The van der Waals surface area contributed by atoms with Crippen molar-refractivity contribution in [2.24, 2.45) is 0 Å². The Morgan fingerprint density at radius 3 is 2.59 bits per heavy atom. The molecule has 22 heavy (non-hydrogen) atoms. The summed E-state index contributed by atoms with van der Waals surface area (Å²) in [7, 11) is 1.41. The lowest BCUT2D eigenvalue weighted by Gasteiger charge is -2.07. The van der Waals surface area contributed by atoms with E-state index in [2.05, 4.69) is 6.92 Å². The molecule has 0 saturated carbocycles. The first-order valence-corrected chi connectivity index (χ1v) is 8.82. The van der Waals surface area contributed by atoms with Crippen LogP contribution in [0.5, 0.6) is 5.75 Å². The Morgan fingerprint density at radius 1 is 1.09 bits per heavy atom. The van der Waals surface area contributed by atoms with Gasteiger partial charge in [0.2, 0.25) is 0 Å². The molecule has 0 N–H and O–H groups in total. The van der Waals surface area contributed by atoms with Gasteiger partial charge in [0, 0.05) is 10.1 Å². The van der Waals surface area contributed by atoms with E-state index < -0.39 is 0 Å². The Bertz CT molecular complexity index is 603. The lowest BCUT2D eigenvalue weighted by atomic mass is 10.1. The summed E-state index contributed by atoms with van der Waals surface area (Å²) in [5, 5.41) is 0.999. The molecule has 1 aromatic carbocycles. The highest BCUT2D eigenvalue weighted by molar-refractivity contribution is 7.21. The number of benzene rings is 1. The smallest absolute Gasteiger partial charge is 0.351 e. The highest BCUT2D eigenvalue weighted by Gasteiger charge is 2.20. The minimum atomic E-state index is -0.320. The summed E-state index contributed by atoms with van der Waals surface area (Å²) in [5.41, 5.74) is 0. The van der Waals surface area contributed by atoms with Crippen molar-refractivity contribution in [3.8, 4) is 5.75 Å². The summed E-state index contributed by atoms with van der Waals surface area (Å²) >= 11 is 1.43. The van der Waals surface area contributed by atoms with E-state index in [9.17, 15) is 4.79 Å². The van der Waals surface area contributed by atoms with Crippen LogP contribution in [-0.2, 0) is 4.74 Å². The van der Waals surface area contributed by atoms with Gasteiger partial charge in [-0.2, -0.15) is 0 Å².